The van der Waals surface area contributed by atoms with Gasteiger partial charge in [0.25, 0.3) is 0 Å². The van der Waals surface area contributed by atoms with E-state index in [1.165, 1.54) is 32.9 Å². The van der Waals surface area contributed by atoms with Crippen LogP contribution in [0, 0.1) is 11.3 Å². The zero-order valence-electron chi connectivity index (χ0n) is 30.9. The second kappa shape index (κ2) is 12.2. The van der Waals surface area contributed by atoms with Crippen LogP contribution in [0.3, 0.4) is 0 Å². The predicted octanol–water partition coefficient (Wildman–Crippen LogP) is 13.7. The summed E-state index contributed by atoms with van der Waals surface area (Å²) in [5, 5.41) is 18.8. The highest BCUT2D eigenvalue weighted by atomic mass is 16.3. The molecule has 5 heteroatoms. The van der Waals surface area contributed by atoms with Crippen molar-refractivity contribution >= 4 is 87.5 Å². The van der Waals surface area contributed by atoms with Gasteiger partial charge in [-0.3, -0.25) is 0 Å². The first-order valence-corrected chi connectivity index (χ1v) is 19.5. The Bertz CT molecular complexity index is 3590. The highest BCUT2D eigenvalue weighted by molar-refractivity contribution is 6.12. The third-order valence-corrected chi connectivity index (χ3v) is 11.9. The molecule has 4 aromatic heterocycles. The lowest BCUT2D eigenvalue weighted by Gasteiger charge is -2.08. The van der Waals surface area contributed by atoms with Crippen LogP contribution in [0.15, 0.2) is 173 Å². The molecule has 0 radical (unpaired) electrons. The molecule has 8 aromatic carbocycles. The normalized spacial score (nSPS) is 12.1. The lowest BCUT2D eigenvalue weighted by Crippen LogP contribution is -1.93. The molecular weight excluding hydrogens is 699 g/mol. The minimum Gasteiger partial charge on any atom is -0.456 e. The summed E-state index contributed by atoms with van der Waals surface area (Å²) in [6.45, 7) is 0. The van der Waals surface area contributed by atoms with Gasteiger partial charge in [-0.15, -0.1) is 0 Å². The number of nitriles is 1. The van der Waals surface area contributed by atoms with Crippen molar-refractivity contribution in [1.82, 2.24) is 9.13 Å². The Hall–Kier alpha value is -7.55. The lowest BCUT2D eigenvalue weighted by atomic mass is 10.0. The van der Waals surface area contributed by atoms with Gasteiger partial charge in [0, 0.05) is 54.5 Å². The van der Waals surface area contributed by atoms with Gasteiger partial charge >= 0.3 is 0 Å². The SMILES string of the molecule is N#Cc1ccc2c(c1)c1ccccc1n2-c1ccc2oc3c(CCCc4cccc5c4oc4ccc(-n6c7ccccc7c7ccccc76)cc45)cccc3c2c1. The molecule has 12 rings (SSSR count). The van der Waals surface area contributed by atoms with Crippen LogP contribution in [0.4, 0.5) is 0 Å². The van der Waals surface area contributed by atoms with Gasteiger partial charge in [0.05, 0.1) is 33.7 Å². The Morgan fingerprint density at radius 3 is 1.37 bits per heavy atom. The molecule has 0 amide bonds. The molecule has 0 N–H and O–H groups in total. The van der Waals surface area contributed by atoms with E-state index >= 15 is 0 Å². The Balaban J connectivity index is 0.872. The zero-order chi connectivity index (χ0) is 37.6. The standard InChI is InChI=1S/C52H33N3O2/c53-31-32-22-25-48-42(28-32)39-16-3-6-21-47(39)55(48)36-24-27-50-44(30-36)41-18-9-13-34(52(41)57-50)11-7-10-33-12-8-17-40-43-29-35(23-26-49(43)56-51(33)40)54-45-19-4-1-14-37(45)38-15-2-5-20-46(38)54/h1-6,8-9,12-30H,7,10-11H2. The van der Waals surface area contributed by atoms with Crippen molar-refractivity contribution in [3.8, 4) is 17.4 Å². The Morgan fingerprint density at radius 2 is 0.860 bits per heavy atom. The average Bonchev–Trinajstić information content (AvgIpc) is 4.01. The molecule has 12 aromatic rings. The second-order valence-electron chi connectivity index (χ2n) is 15.1. The van der Waals surface area contributed by atoms with Gasteiger partial charge in [-0.05, 0) is 103 Å². The fraction of sp³-hybridized carbons (Fsp3) is 0.0577. The first kappa shape index (κ1) is 31.8. The summed E-state index contributed by atoms with van der Waals surface area (Å²) >= 11 is 0. The number of furan rings is 2. The molecule has 0 aliphatic carbocycles. The molecule has 0 saturated heterocycles. The summed E-state index contributed by atoms with van der Waals surface area (Å²) in [5.74, 6) is 0. The summed E-state index contributed by atoms with van der Waals surface area (Å²) in [4.78, 5) is 0. The van der Waals surface area contributed by atoms with E-state index in [0.29, 0.717) is 5.56 Å². The van der Waals surface area contributed by atoms with E-state index in [0.717, 1.165) is 96.3 Å². The third kappa shape index (κ3) is 4.74. The number of aromatic nitrogens is 2. The van der Waals surface area contributed by atoms with Gasteiger partial charge in [-0.1, -0.05) is 91.0 Å². The molecule has 0 aliphatic rings. The van der Waals surface area contributed by atoms with Crippen LogP contribution in [0.2, 0.25) is 0 Å². The molecule has 0 bridgehead atoms. The molecule has 268 valence electrons. The highest BCUT2D eigenvalue weighted by Crippen LogP contribution is 2.39. The van der Waals surface area contributed by atoms with Crippen LogP contribution in [-0.2, 0) is 12.8 Å². The molecule has 0 fully saturated rings. The summed E-state index contributed by atoms with van der Waals surface area (Å²) in [6, 6.07) is 60.0. The molecule has 0 atom stereocenters. The van der Waals surface area contributed by atoms with E-state index in [9.17, 15) is 5.26 Å². The topological polar surface area (TPSA) is 59.9 Å². The van der Waals surface area contributed by atoms with Crippen molar-refractivity contribution in [2.75, 3.05) is 0 Å². The van der Waals surface area contributed by atoms with Crippen LogP contribution < -0.4 is 0 Å². The van der Waals surface area contributed by atoms with Crippen LogP contribution in [0.25, 0.3) is 98.9 Å². The molecule has 0 unspecified atom stereocenters. The number of aryl methyl sites for hydroxylation is 2. The molecular formula is C52H33N3O2. The first-order valence-electron chi connectivity index (χ1n) is 19.5. The van der Waals surface area contributed by atoms with Gasteiger partial charge in [-0.25, -0.2) is 0 Å². The minimum atomic E-state index is 0.661. The van der Waals surface area contributed by atoms with Gasteiger partial charge in [-0.2, -0.15) is 5.26 Å². The Labute approximate surface area is 326 Å². The monoisotopic (exact) mass is 731 g/mol. The fourth-order valence-corrected chi connectivity index (χ4v) is 9.35. The smallest absolute Gasteiger partial charge is 0.138 e. The predicted molar refractivity (Wildman–Crippen MR) is 233 cm³/mol. The average molecular weight is 732 g/mol. The Kier molecular flexibility index (Phi) is 6.81. The Morgan fingerprint density at radius 1 is 0.404 bits per heavy atom. The number of rotatable bonds is 6. The van der Waals surface area contributed by atoms with E-state index in [1.807, 2.05) is 12.1 Å². The molecule has 5 nitrogen and oxygen atoms in total. The van der Waals surface area contributed by atoms with Crippen molar-refractivity contribution in [1.29, 1.82) is 5.26 Å². The van der Waals surface area contributed by atoms with E-state index in [1.54, 1.807) is 0 Å². The largest absolute Gasteiger partial charge is 0.456 e. The molecule has 0 spiro atoms. The van der Waals surface area contributed by atoms with E-state index in [2.05, 4.69) is 167 Å². The summed E-state index contributed by atoms with van der Waals surface area (Å²) in [5.41, 5.74) is 13.6. The number of hydrogen-bond acceptors (Lipinski definition) is 3. The van der Waals surface area contributed by atoms with Gasteiger partial charge in [0.2, 0.25) is 0 Å². The molecule has 0 aliphatic heterocycles. The highest BCUT2D eigenvalue weighted by Gasteiger charge is 2.18. The maximum atomic E-state index is 9.61. The van der Waals surface area contributed by atoms with Crippen LogP contribution in [0.5, 0.6) is 0 Å². The number of nitrogens with zero attached hydrogens (tertiary/aromatic N) is 3. The van der Waals surface area contributed by atoms with Crippen molar-refractivity contribution in [2.45, 2.75) is 19.3 Å². The summed E-state index contributed by atoms with van der Waals surface area (Å²) in [6.07, 6.45) is 2.72. The fourth-order valence-electron chi connectivity index (χ4n) is 9.35. The lowest BCUT2D eigenvalue weighted by molar-refractivity contribution is 0.654. The third-order valence-electron chi connectivity index (χ3n) is 11.9. The van der Waals surface area contributed by atoms with E-state index < -0.39 is 0 Å². The van der Waals surface area contributed by atoms with Crippen LogP contribution in [0.1, 0.15) is 23.1 Å². The molecule has 57 heavy (non-hydrogen) atoms. The maximum absolute atomic E-state index is 9.61. The van der Waals surface area contributed by atoms with Crippen LogP contribution >= 0.6 is 0 Å². The minimum absolute atomic E-state index is 0.661. The number of para-hydroxylation sites is 5. The van der Waals surface area contributed by atoms with Crippen LogP contribution in [-0.4, -0.2) is 9.13 Å². The zero-order valence-corrected chi connectivity index (χ0v) is 30.9. The second-order valence-corrected chi connectivity index (χ2v) is 15.1. The number of fused-ring (bicyclic) bond motifs is 12. The molecule has 4 heterocycles. The van der Waals surface area contributed by atoms with Gasteiger partial charge in [0.15, 0.2) is 0 Å². The van der Waals surface area contributed by atoms with Gasteiger partial charge < -0.3 is 18.0 Å². The number of hydrogen-bond donors (Lipinski definition) is 0. The van der Waals surface area contributed by atoms with Crippen molar-refractivity contribution in [2.24, 2.45) is 0 Å². The van der Waals surface area contributed by atoms with E-state index in [4.69, 9.17) is 8.83 Å². The summed E-state index contributed by atoms with van der Waals surface area (Å²) < 4.78 is 17.9. The van der Waals surface area contributed by atoms with Crippen molar-refractivity contribution < 1.29 is 8.83 Å². The summed E-state index contributed by atoms with van der Waals surface area (Å²) in [7, 11) is 0. The number of benzene rings is 8. The first-order chi connectivity index (χ1) is 28.2. The van der Waals surface area contributed by atoms with E-state index in [-0.39, 0.29) is 0 Å². The van der Waals surface area contributed by atoms with Crippen molar-refractivity contribution in [3.63, 3.8) is 0 Å². The molecule has 0 saturated carbocycles. The maximum Gasteiger partial charge on any atom is 0.138 e. The van der Waals surface area contributed by atoms with Gasteiger partial charge in [0.1, 0.15) is 22.3 Å². The van der Waals surface area contributed by atoms with Crippen molar-refractivity contribution in [3.05, 3.63) is 180 Å². The quantitative estimate of drug-likeness (QED) is 0.171.